The van der Waals surface area contributed by atoms with Crippen LogP contribution in [-0.4, -0.2) is 54.6 Å². The van der Waals surface area contributed by atoms with E-state index in [4.69, 9.17) is 15.2 Å². The molecule has 2 fully saturated rings. The Morgan fingerprint density at radius 1 is 1.36 bits per heavy atom. The Morgan fingerprint density at radius 2 is 2.18 bits per heavy atom. The van der Waals surface area contributed by atoms with E-state index in [1.807, 2.05) is 31.2 Å². The second-order valence-corrected chi connectivity index (χ2v) is 8.45. The highest BCUT2D eigenvalue weighted by Crippen LogP contribution is 2.50. The maximum atomic E-state index is 13.2. The Balaban J connectivity index is 1.62. The molecule has 1 saturated heterocycles. The Hall–Kier alpha value is -2.45. The van der Waals surface area contributed by atoms with E-state index in [1.165, 1.54) is 11.3 Å². The highest BCUT2D eigenvalue weighted by atomic mass is 32.1. The van der Waals surface area contributed by atoms with Crippen LogP contribution in [0.4, 0.5) is 0 Å². The molecule has 2 aromatic rings. The number of aromatic nitrogens is 1. The molecule has 4 rings (SSSR count). The van der Waals surface area contributed by atoms with E-state index in [0.29, 0.717) is 37.1 Å². The number of piperidine rings is 1. The number of methoxy groups -OCH3 is 1. The maximum Gasteiger partial charge on any atom is 0.274 e. The number of carbonyl (C=O) groups is 2. The van der Waals surface area contributed by atoms with Crippen molar-refractivity contribution in [2.75, 3.05) is 26.9 Å². The van der Waals surface area contributed by atoms with Crippen molar-refractivity contribution in [1.29, 1.82) is 0 Å². The van der Waals surface area contributed by atoms with Gasteiger partial charge in [-0.15, -0.1) is 11.3 Å². The summed E-state index contributed by atoms with van der Waals surface area (Å²) in [7, 11) is 1.62. The number of hydrogen-bond acceptors (Lipinski definition) is 6. The van der Waals surface area contributed by atoms with Crippen molar-refractivity contribution >= 4 is 23.2 Å². The van der Waals surface area contributed by atoms with Crippen LogP contribution in [0.1, 0.15) is 21.9 Å². The minimum absolute atomic E-state index is 0.210. The second-order valence-electron chi connectivity index (χ2n) is 7.24. The molecule has 2 heterocycles. The molecule has 1 saturated carbocycles. The molecule has 2 aliphatic rings. The van der Waals surface area contributed by atoms with Crippen molar-refractivity contribution in [2.45, 2.75) is 19.4 Å². The Labute approximate surface area is 167 Å². The standard InChI is InChI=1S/C20H23N3O4S/c1-11-22-16(20(25)23-10-13-9-15(13)17(23)19(21)24)18(28-11)12-4-3-5-14(8-12)27-7-6-26-2/h3-5,8,13,15,17H,6-7,9-10H2,1-2H3,(H2,21,24)/t13-,15-,17+/m1/s1. The molecule has 8 heteroatoms. The molecule has 2 amide bonds. The third-order valence-corrected chi connectivity index (χ3v) is 6.31. The number of carbonyl (C=O) groups excluding carboxylic acids is 2. The van der Waals surface area contributed by atoms with Gasteiger partial charge in [0.05, 0.1) is 16.5 Å². The van der Waals surface area contributed by atoms with Crippen LogP contribution in [0.15, 0.2) is 24.3 Å². The van der Waals surface area contributed by atoms with Crippen molar-refractivity contribution in [3.05, 3.63) is 35.0 Å². The van der Waals surface area contributed by atoms with Crippen molar-refractivity contribution in [3.8, 4) is 16.2 Å². The molecule has 0 spiro atoms. The molecule has 7 nitrogen and oxygen atoms in total. The summed E-state index contributed by atoms with van der Waals surface area (Å²) in [5.41, 5.74) is 6.82. The zero-order valence-electron chi connectivity index (χ0n) is 15.9. The van der Waals surface area contributed by atoms with Crippen LogP contribution in [0.3, 0.4) is 0 Å². The largest absolute Gasteiger partial charge is 0.491 e. The van der Waals surface area contributed by atoms with Crippen LogP contribution in [0, 0.1) is 18.8 Å². The normalized spacial score (nSPS) is 22.8. The fourth-order valence-corrected chi connectivity index (χ4v) is 4.82. The number of nitrogens with two attached hydrogens (primary N) is 1. The summed E-state index contributed by atoms with van der Waals surface area (Å²) >= 11 is 1.46. The van der Waals surface area contributed by atoms with Gasteiger partial charge < -0.3 is 20.1 Å². The molecule has 1 aromatic carbocycles. The first-order valence-electron chi connectivity index (χ1n) is 9.29. The van der Waals surface area contributed by atoms with Gasteiger partial charge >= 0.3 is 0 Å². The van der Waals surface area contributed by atoms with Crippen molar-refractivity contribution in [1.82, 2.24) is 9.88 Å². The van der Waals surface area contributed by atoms with E-state index in [0.717, 1.165) is 21.9 Å². The monoisotopic (exact) mass is 401 g/mol. The predicted molar refractivity (Wildman–Crippen MR) is 105 cm³/mol. The number of likely N-dealkylation sites (tertiary alicyclic amines) is 1. The smallest absolute Gasteiger partial charge is 0.274 e. The van der Waals surface area contributed by atoms with Gasteiger partial charge in [0, 0.05) is 13.7 Å². The first-order chi connectivity index (χ1) is 13.5. The molecule has 1 aliphatic carbocycles. The van der Waals surface area contributed by atoms with E-state index in [-0.39, 0.29) is 11.8 Å². The van der Waals surface area contributed by atoms with Gasteiger partial charge in [-0.2, -0.15) is 0 Å². The first kappa shape index (κ1) is 18.9. The number of fused-ring (bicyclic) bond motifs is 1. The number of hydrogen-bond donors (Lipinski definition) is 1. The predicted octanol–water partition coefficient (Wildman–Crippen LogP) is 2.09. The third kappa shape index (κ3) is 3.49. The minimum Gasteiger partial charge on any atom is -0.491 e. The topological polar surface area (TPSA) is 94.8 Å². The number of rotatable bonds is 7. The molecular weight excluding hydrogens is 378 g/mol. The molecule has 3 atom stereocenters. The zero-order chi connectivity index (χ0) is 19.8. The molecule has 2 N–H and O–H groups in total. The van der Waals surface area contributed by atoms with Gasteiger partial charge in [-0.05, 0) is 42.9 Å². The van der Waals surface area contributed by atoms with Crippen LogP contribution in [0.5, 0.6) is 5.75 Å². The van der Waals surface area contributed by atoms with Gasteiger partial charge in [-0.3, -0.25) is 9.59 Å². The Morgan fingerprint density at radius 3 is 2.93 bits per heavy atom. The highest BCUT2D eigenvalue weighted by molar-refractivity contribution is 7.15. The van der Waals surface area contributed by atoms with E-state index < -0.39 is 11.9 Å². The summed E-state index contributed by atoms with van der Waals surface area (Å²) < 4.78 is 10.7. The summed E-state index contributed by atoms with van der Waals surface area (Å²) in [6.07, 6.45) is 0.973. The number of amides is 2. The van der Waals surface area contributed by atoms with Crippen molar-refractivity contribution in [3.63, 3.8) is 0 Å². The summed E-state index contributed by atoms with van der Waals surface area (Å²) in [5, 5.41) is 0.795. The van der Waals surface area contributed by atoms with Crippen LogP contribution in [-0.2, 0) is 9.53 Å². The molecule has 1 aliphatic heterocycles. The Bertz CT molecular complexity index is 913. The van der Waals surface area contributed by atoms with E-state index in [2.05, 4.69) is 4.98 Å². The lowest BCUT2D eigenvalue weighted by Gasteiger charge is -2.24. The average molecular weight is 401 g/mol. The SMILES string of the molecule is COCCOc1cccc(-c2sc(C)nc2C(=O)N2C[C@H]3C[C@H]3[C@H]2C(N)=O)c1. The number of thiazole rings is 1. The lowest BCUT2D eigenvalue weighted by Crippen LogP contribution is -2.46. The van der Waals surface area contributed by atoms with E-state index in [1.54, 1.807) is 12.0 Å². The quantitative estimate of drug-likeness (QED) is 0.717. The molecule has 0 radical (unpaired) electrons. The number of benzene rings is 1. The summed E-state index contributed by atoms with van der Waals surface area (Å²) in [5.74, 6) is 0.655. The highest BCUT2D eigenvalue weighted by Gasteiger charge is 2.56. The third-order valence-electron chi connectivity index (χ3n) is 5.29. The van der Waals surface area contributed by atoms with Gasteiger partial charge in [0.1, 0.15) is 24.1 Å². The molecule has 0 unspecified atom stereocenters. The minimum atomic E-state index is -0.518. The van der Waals surface area contributed by atoms with Gasteiger partial charge in [-0.1, -0.05) is 12.1 Å². The fraction of sp³-hybridized carbons (Fsp3) is 0.450. The van der Waals surface area contributed by atoms with Gasteiger partial charge in [0.15, 0.2) is 0 Å². The molecule has 1 aromatic heterocycles. The first-order valence-corrected chi connectivity index (χ1v) is 10.1. The molecule has 148 valence electrons. The van der Waals surface area contributed by atoms with Crippen molar-refractivity contribution < 1.29 is 19.1 Å². The van der Waals surface area contributed by atoms with Gasteiger partial charge in [-0.25, -0.2) is 4.98 Å². The molecule has 0 bridgehead atoms. The lowest BCUT2D eigenvalue weighted by molar-refractivity contribution is -0.122. The van der Waals surface area contributed by atoms with E-state index in [9.17, 15) is 9.59 Å². The summed E-state index contributed by atoms with van der Waals surface area (Å²) in [4.78, 5) is 32.0. The number of nitrogens with zero attached hydrogens (tertiary/aromatic N) is 2. The summed E-state index contributed by atoms with van der Waals surface area (Å²) in [6.45, 7) is 3.40. The number of ether oxygens (including phenoxy) is 2. The second kappa shape index (κ2) is 7.52. The molecule has 28 heavy (non-hydrogen) atoms. The fourth-order valence-electron chi connectivity index (χ4n) is 3.91. The van der Waals surface area contributed by atoms with Crippen molar-refractivity contribution in [2.24, 2.45) is 17.6 Å². The van der Waals surface area contributed by atoms with Crippen LogP contribution in [0.25, 0.3) is 10.4 Å². The lowest BCUT2D eigenvalue weighted by atomic mass is 10.1. The number of primary amides is 1. The van der Waals surface area contributed by atoms with Crippen LogP contribution in [0.2, 0.25) is 0 Å². The van der Waals surface area contributed by atoms with Crippen LogP contribution >= 0.6 is 11.3 Å². The average Bonchev–Trinajstić information content (AvgIpc) is 3.15. The van der Waals surface area contributed by atoms with Crippen LogP contribution < -0.4 is 10.5 Å². The summed E-state index contributed by atoms with van der Waals surface area (Å²) in [6, 6.07) is 7.06. The maximum absolute atomic E-state index is 13.2. The molecular formula is C20H23N3O4S. The van der Waals surface area contributed by atoms with Gasteiger partial charge in [0.25, 0.3) is 5.91 Å². The van der Waals surface area contributed by atoms with E-state index >= 15 is 0 Å². The Kier molecular flexibility index (Phi) is 5.07. The number of aryl methyl sites for hydroxylation is 1. The zero-order valence-corrected chi connectivity index (χ0v) is 16.7. The van der Waals surface area contributed by atoms with Gasteiger partial charge in [0.2, 0.25) is 5.91 Å².